The highest BCUT2D eigenvalue weighted by Crippen LogP contribution is 2.37. The number of rotatable bonds is 10. The van der Waals surface area contributed by atoms with Gasteiger partial charge in [0.1, 0.15) is 11.4 Å². The van der Waals surface area contributed by atoms with E-state index in [1.165, 1.54) is 18.3 Å². The normalized spacial score (nSPS) is 15.0. The first-order valence-corrected chi connectivity index (χ1v) is 12.6. The highest BCUT2D eigenvalue weighted by molar-refractivity contribution is 6.08. The van der Waals surface area contributed by atoms with Crippen LogP contribution in [0.3, 0.4) is 0 Å². The van der Waals surface area contributed by atoms with E-state index < -0.39 is 28.8 Å². The molecule has 1 aliphatic rings. The molecule has 10 nitrogen and oxygen atoms in total. The molecule has 5 N–H and O–H groups in total. The number of carbonyl (C=O) groups excluding carboxylic acids is 1. The van der Waals surface area contributed by atoms with E-state index in [1.807, 2.05) is 18.7 Å². The second-order valence-corrected chi connectivity index (χ2v) is 9.38. The highest BCUT2D eigenvalue weighted by atomic mass is 19.1. The van der Waals surface area contributed by atoms with Crippen LogP contribution in [0.2, 0.25) is 0 Å². The molecule has 39 heavy (non-hydrogen) atoms. The summed E-state index contributed by atoms with van der Waals surface area (Å²) in [6, 6.07) is 8.95. The lowest BCUT2D eigenvalue weighted by molar-refractivity contribution is 0.0742. The molecule has 2 heterocycles. The summed E-state index contributed by atoms with van der Waals surface area (Å²) in [4.78, 5) is 27.7. The topological polar surface area (TPSA) is 138 Å². The van der Waals surface area contributed by atoms with E-state index in [-0.39, 0.29) is 17.8 Å². The van der Waals surface area contributed by atoms with Crippen LogP contribution >= 0.6 is 0 Å². The van der Waals surface area contributed by atoms with Gasteiger partial charge in [0.05, 0.1) is 24.1 Å². The molecule has 3 aromatic rings. The third-order valence-electron chi connectivity index (χ3n) is 6.17. The SMILES string of the molecule is CC(C)Nc1ccc(NC(=O)c2ccc(=O)n(-c3c(F)cccc3F)n2)c(N2CCC(OCCN)C2)c1C=N. The molecule has 1 amide bonds. The summed E-state index contributed by atoms with van der Waals surface area (Å²) in [6.07, 6.45) is 1.91. The maximum atomic E-state index is 14.4. The maximum Gasteiger partial charge on any atom is 0.276 e. The molecule has 1 saturated heterocycles. The van der Waals surface area contributed by atoms with E-state index in [4.69, 9.17) is 15.9 Å². The van der Waals surface area contributed by atoms with E-state index in [0.717, 1.165) is 30.3 Å². The van der Waals surface area contributed by atoms with E-state index >= 15 is 0 Å². The Morgan fingerprint density at radius 1 is 1.18 bits per heavy atom. The van der Waals surface area contributed by atoms with Crippen molar-refractivity contribution >= 4 is 29.2 Å². The molecular formula is C27H31F2N7O3. The van der Waals surface area contributed by atoms with Gasteiger partial charge < -0.3 is 31.4 Å². The van der Waals surface area contributed by atoms with Gasteiger partial charge in [-0.2, -0.15) is 9.78 Å². The molecule has 1 aromatic heterocycles. The second kappa shape index (κ2) is 12.1. The molecule has 2 aromatic carbocycles. The maximum absolute atomic E-state index is 14.4. The number of anilines is 3. The lowest BCUT2D eigenvalue weighted by Crippen LogP contribution is -2.28. The van der Waals surface area contributed by atoms with E-state index in [1.54, 1.807) is 12.1 Å². The van der Waals surface area contributed by atoms with Crippen LogP contribution < -0.4 is 26.8 Å². The van der Waals surface area contributed by atoms with Gasteiger partial charge in [0.2, 0.25) is 0 Å². The van der Waals surface area contributed by atoms with E-state index in [2.05, 4.69) is 15.7 Å². The minimum absolute atomic E-state index is 0.0571. The van der Waals surface area contributed by atoms with Gasteiger partial charge >= 0.3 is 0 Å². The zero-order valence-corrected chi connectivity index (χ0v) is 21.7. The van der Waals surface area contributed by atoms with Crippen LogP contribution in [0.5, 0.6) is 0 Å². The monoisotopic (exact) mass is 539 g/mol. The van der Waals surface area contributed by atoms with Crippen molar-refractivity contribution in [3.8, 4) is 5.69 Å². The average molecular weight is 540 g/mol. The standard InChI is InChI=1S/C27H31F2N7O3/c1-16(2)32-21-6-7-22(25(18(21)14-31)35-12-10-17(15-35)39-13-11-30)33-27(38)23-8-9-24(37)36(34-23)26-19(28)4-3-5-20(26)29/h3-9,14,16-17,31-32H,10-13,15,30H2,1-2H3,(H,33,38). The molecule has 0 spiro atoms. The number of para-hydroxylation sites is 1. The van der Waals surface area contributed by atoms with Gasteiger partial charge in [-0.1, -0.05) is 6.07 Å². The predicted octanol–water partition coefficient (Wildman–Crippen LogP) is 3.13. The van der Waals surface area contributed by atoms with Crippen molar-refractivity contribution in [1.29, 1.82) is 5.41 Å². The Balaban J connectivity index is 1.71. The summed E-state index contributed by atoms with van der Waals surface area (Å²) in [5.41, 5.74) is 6.21. The Hall–Kier alpha value is -4.16. The summed E-state index contributed by atoms with van der Waals surface area (Å²) in [7, 11) is 0. The average Bonchev–Trinajstić information content (AvgIpc) is 3.37. The molecule has 206 valence electrons. The molecule has 0 bridgehead atoms. The zero-order chi connectivity index (χ0) is 28.1. The smallest absolute Gasteiger partial charge is 0.276 e. The number of amides is 1. The van der Waals surface area contributed by atoms with Crippen molar-refractivity contribution in [2.24, 2.45) is 5.73 Å². The number of aromatic nitrogens is 2. The number of hydrogen-bond donors (Lipinski definition) is 4. The summed E-state index contributed by atoms with van der Waals surface area (Å²) in [6.45, 7) is 5.95. The lowest BCUT2D eigenvalue weighted by atomic mass is 10.1. The van der Waals surface area contributed by atoms with Gasteiger partial charge in [-0.05, 0) is 50.6 Å². The summed E-state index contributed by atoms with van der Waals surface area (Å²) < 4.78 is 35.0. The third kappa shape index (κ3) is 6.13. The Morgan fingerprint density at radius 2 is 1.90 bits per heavy atom. The van der Waals surface area contributed by atoms with Gasteiger partial charge in [0, 0.05) is 49.2 Å². The zero-order valence-electron chi connectivity index (χ0n) is 21.7. The van der Waals surface area contributed by atoms with Crippen molar-refractivity contribution < 1.29 is 18.3 Å². The fraction of sp³-hybridized carbons (Fsp3) is 0.333. The Labute approximate surface area is 224 Å². The first-order chi connectivity index (χ1) is 18.7. The quantitative estimate of drug-likeness (QED) is 0.291. The molecule has 1 atom stereocenters. The van der Waals surface area contributed by atoms with Crippen LogP contribution in [0, 0.1) is 17.0 Å². The fourth-order valence-electron chi connectivity index (χ4n) is 4.50. The summed E-state index contributed by atoms with van der Waals surface area (Å²) >= 11 is 0. The summed E-state index contributed by atoms with van der Waals surface area (Å²) in [5.74, 6) is -2.68. The van der Waals surface area contributed by atoms with Gasteiger partial charge in [0.25, 0.3) is 11.5 Å². The van der Waals surface area contributed by atoms with Gasteiger partial charge in [-0.15, -0.1) is 0 Å². The third-order valence-corrected chi connectivity index (χ3v) is 6.17. The first-order valence-electron chi connectivity index (χ1n) is 12.6. The van der Waals surface area contributed by atoms with Crippen molar-refractivity contribution in [3.05, 3.63) is 75.7 Å². The minimum Gasteiger partial charge on any atom is -0.382 e. The van der Waals surface area contributed by atoms with E-state index in [9.17, 15) is 18.4 Å². The van der Waals surface area contributed by atoms with Crippen molar-refractivity contribution in [2.75, 3.05) is 41.8 Å². The van der Waals surface area contributed by atoms with Crippen LogP contribution in [0.15, 0.2) is 47.3 Å². The van der Waals surface area contributed by atoms with Crippen LogP contribution in [0.1, 0.15) is 36.3 Å². The highest BCUT2D eigenvalue weighted by Gasteiger charge is 2.28. The Morgan fingerprint density at radius 3 is 2.56 bits per heavy atom. The van der Waals surface area contributed by atoms with Crippen molar-refractivity contribution in [1.82, 2.24) is 9.78 Å². The molecule has 4 rings (SSSR count). The van der Waals surface area contributed by atoms with Crippen molar-refractivity contribution in [2.45, 2.75) is 32.4 Å². The second-order valence-electron chi connectivity index (χ2n) is 9.38. The van der Waals surface area contributed by atoms with Crippen LogP contribution in [-0.4, -0.2) is 60.3 Å². The van der Waals surface area contributed by atoms with Crippen LogP contribution in [0.25, 0.3) is 5.69 Å². The predicted molar refractivity (Wildman–Crippen MR) is 146 cm³/mol. The number of nitrogens with one attached hydrogen (secondary N) is 3. The number of benzene rings is 2. The minimum atomic E-state index is -0.992. The summed E-state index contributed by atoms with van der Waals surface area (Å²) in [5, 5.41) is 18.2. The number of carbonyl (C=O) groups is 1. The molecule has 0 radical (unpaired) electrons. The molecule has 1 fully saturated rings. The number of hydrogen-bond acceptors (Lipinski definition) is 8. The number of nitrogens with two attached hydrogens (primary N) is 1. The molecule has 1 unspecified atom stereocenters. The molecule has 0 aliphatic carbocycles. The van der Waals surface area contributed by atoms with Gasteiger partial charge in [-0.3, -0.25) is 9.59 Å². The molecular weight excluding hydrogens is 508 g/mol. The Bertz CT molecular complexity index is 1410. The largest absolute Gasteiger partial charge is 0.382 e. The number of halogens is 2. The van der Waals surface area contributed by atoms with Gasteiger partial charge in [0.15, 0.2) is 11.6 Å². The first kappa shape index (κ1) is 27.9. The van der Waals surface area contributed by atoms with Crippen LogP contribution in [-0.2, 0) is 4.74 Å². The van der Waals surface area contributed by atoms with Crippen molar-refractivity contribution in [3.63, 3.8) is 0 Å². The molecule has 0 saturated carbocycles. The number of ether oxygens (including phenoxy) is 1. The Kier molecular flexibility index (Phi) is 8.67. The molecule has 1 aliphatic heterocycles. The van der Waals surface area contributed by atoms with E-state index in [0.29, 0.717) is 47.9 Å². The van der Waals surface area contributed by atoms with Gasteiger partial charge in [-0.25, -0.2) is 8.78 Å². The van der Waals surface area contributed by atoms with Crippen LogP contribution in [0.4, 0.5) is 25.8 Å². The fourth-order valence-corrected chi connectivity index (χ4v) is 4.50. The molecule has 12 heteroatoms. The number of nitrogens with zero attached hydrogens (tertiary/aromatic N) is 3. The lowest BCUT2D eigenvalue weighted by Gasteiger charge is -2.27.